The minimum atomic E-state index is -0.131. The molecule has 1 atom stereocenters. The molecule has 1 aliphatic heterocycles. The van der Waals surface area contributed by atoms with E-state index in [1.807, 2.05) is 11.8 Å². The highest BCUT2D eigenvalue weighted by atomic mass is 79.9. The monoisotopic (exact) mass is 276 g/mol. The van der Waals surface area contributed by atoms with Crippen molar-refractivity contribution in [3.63, 3.8) is 0 Å². The minimum absolute atomic E-state index is 0.0738. The Morgan fingerprint density at radius 2 is 1.93 bits per heavy atom. The van der Waals surface area contributed by atoms with Crippen molar-refractivity contribution >= 4 is 27.7 Å². The molecule has 0 aromatic rings. The van der Waals surface area contributed by atoms with Gasteiger partial charge in [0.15, 0.2) is 0 Å². The standard InChI is InChI=1S/C10H17BrN2O2/c1-7(11)10(15)13-5-3-8(4-6-13)9(14)12-2/h7-8H,3-6H2,1-2H3,(H,12,14). The van der Waals surface area contributed by atoms with Crippen molar-refractivity contribution in [1.82, 2.24) is 10.2 Å². The maximum atomic E-state index is 11.6. The van der Waals surface area contributed by atoms with Crippen molar-refractivity contribution in [3.05, 3.63) is 0 Å². The Morgan fingerprint density at radius 1 is 1.40 bits per heavy atom. The molecule has 2 amide bonds. The minimum Gasteiger partial charge on any atom is -0.359 e. The molecule has 5 heteroatoms. The van der Waals surface area contributed by atoms with E-state index in [2.05, 4.69) is 21.2 Å². The van der Waals surface area contributed by atoms with Gasteiger partial charge in [0.05, 0.1) is 4.83 Å². The first-order valence-electron chi connectivity index (χ1n) is 5.20. The Hall–Kier alpha value is -0.580. The van der Waals surface area contributed by atoms with E-state index in [9.17, 15) is 9.59 Å². The summed E-state index contributed by atoms with van der Waals surface area (Å²) in [5.74, 6) is 0.282. The third-order valence-corrected chi connectivity index (χ3v) is 3.16. The zero-order valence-corrected chi connectivity index (χ0v) is 10.7. The molecule has 0 saturated carbocycles. The second-order valence-corrected chi connectivity index (χ2v) is 5.20. The van der Waals surface area contributed by atoms with Gasteiger partial charge in [0.2, 0.25) is 11.8 Å². The number of hydrogen-bond acceptors (Lipinski definition) is 2. The van der Waals surface area contributed by atoms with Crippen LogP contribution in [0, 0.1) is 5.92 Å². The fourth-order valence-electron chi connectivity index (χ4n) is 1.82. The van der Waals surface area contributed by atoms with Crippen LogP contribution >= 0.6 is 15.9 Å². The van der Waals surface area contributed by atoms with Crippen LogP contribution < -0.4 is 5.32 Å². The molecule has 0 aliphatic carbocycles. The molecule has 1 rings (SSSR count). The molecular formula is C10H17BrN2O2. The molecule has 1 N–H and O–H groups in total. The van der Waals surface area contributed by atoms with Crippen molar-refractivity contribution in [3.8, 4) is 0 Å². The van der Waals surface area contributed by atoms with Gasteiger partial charge >= 0.3 is 0 Å². The molecular weight excluding hydrogens is 260 g/mol. The van der Waals surface area contributed by atoms with Gasteiger partial charge in [0, 0.05) is 26.1 Å². The first kappa shape index (κ1) is 12.5. The van der Waals surface area contributed by atoms with Crippen LogP contribution in [0.4, 0.5) is 0 Å². The van der Waals surface area contributed by atoms with Gasteiger partial charge in [-0.2, -0.15) is 0 Å². The van der Waals surface area contributed by atoms with E-state index in [0.29, 0.717) is 13.1 Å². The summed E-state index contributed by atoms with van der Waals surface area (Å²) in [6.45, 7) is 3.20. The van der Waals surface area contributed by atoms with Gasteiger partial charge in [-0.15, -0.1) is 0 Å². The maximum Gasteiger partial charge on any atom is 0.236 e. The highest BCUT2D eigenvalue weighted by Crippen LogP contribution is 2.18. The number of halogens is 1. The molecule has 15 heavy (non-hydrogen) atoms. The Morgan fingerprint density at radius 3 is 2.33 bits per heavy atom. The Labute approximate surface area is 98.5 Å². The molecule has 1 saturated heterocycles. The van der Waals surface area contributed by atoms with E-state index in [1.54, 1.807) is 7.05 Å². The lowest BCUT2D eigenvalue weighted by molar-refractivity contribution is -0.134. The number of rotatable bonds is 2. The maximum absolute atomic E-state index is 11.6. The van der Waals surface area contributed by atoms with Gasteiger partial charge in [-0.3, -0.25) is 9.59 Å². The first-order chi connectivity index (χ1) is 7.06. The van der Waals surface area contributed by atoms with Gasteiger partial charge in [-0.05, 0) is 19.8 Å². The zero-order valence-electron chi connectivity index (χ0n) is 9.12. The van der Waals surface area contributed by atoms with E-state index >= 15 is 0 Å². The van der Waals surface area contributed by atoms with E-state index in [0.717, 1.165) is 12.8 Å². The van der Waals surface area contributed by atoms with Gasteiger partial charge in [0.1, 0.15) is 0 Å². The van der Waals surface area contributed by atoms with Crippen molar-refractivity contribution in [1.29, 1.82) is 0 Å². The SMILES string of the molecule is CNC(=O)C1CCN(C(=O)C(C)Br)CC1. The predicted molar refractivity (Wildman–Crippen MR) is 61.8 cm³/mol. The number of alkyl halides is 1. The smallest absolute Gasteiger partial charge is 0.236 e. The molecule has 1 heterocycles. The molecule has 0 bridgehead atoms. The summed E-state index contributed by atoms with van der Waals surface area (Å²) in [6, 6.07) is 0. The van der Waals surface area contributed by atoms with Gasteiger partial charge in [-0.1, -0.05) is 15.9 Å². The Kier molecular flexibility index (Phi) is 4.57. The zero-order chi connectivity index (χ0) is 11.4. The molecule has 86 valence electrons. The van der Waals surface area contributed by atoms with E-state index < -0.39 is 0 Å². The lowest BCUT2D eigenvalue weighted by Gasteiger charge is -2.31. The number of nitrogens with one attached hydrogen (secondary N) is 1. The lowest BCUT2D eigenvalue weighted by Crippen LogP contribution is -2.44. The van der Waals surface area contributed by atoms with Crippen LogP contribution in [0.25, 0.3) is 0 Å². The molecule has 0 radical (unpaired) electrons. The molecule has 1 aliphatic rings. The second-order valence-electron chi connectivity index (χ2n) is 3.83. The van der Waals surface area contributed by atoms with E-state index in [-0.39, 0.29) is 22.6 Å². The van der Waals surface area contributed by atoms with Gasteiger partial charge in [-0.25, -0.2) is 0 Å². The number of carbonyl (C=O) groups is 2. The highest BCUT2D eigenvalue weighted by Gasteiger charge is 2.27. The number of nitrogens with zero attached hydrogens (tertiary/aromatic N) is 1. The number of piperidine rings is 1. The number of hydrogen-bond donors (Lipinski definition) is 1. The Bertz CT molecular complexity index is 248. The number of carbonyl (C=O) groups excluding carboxylic acids is 2. The van der Waals surface area contributed by atoms with Crippen molar-refractivity contribution in [2.45, 2.75) is 24.6 Å². The van der Waals surface area contributed by atoms with Crippen LogP contribution in [0.15, 0.2) is 0 Å². The third-order valence-electron chi connectivity index (χ3n) is 2.76. The summed E-state index contributed by atoms with van der Waals surface area (Å²) in [4.78, 5) is 24.7. The van der Waals surface area contributed by atoms with Crippen LogP contribution in [0.5, 0.6) is 0 Å². The quantitative estimate of drug-likeness (QED) is 0.757. The van der Waals surface area contributed by atoms with Crippen molar-refractivity contribution in [2.24, 2.45) is 5.92 Å². The van der Waals surface area contributed by atoms with Crippen molar-refractivity contribution < 1.29 is 9.59 Å². The summed E-state index contributed by atoms with van der Waals surface area (Å²) < 4.78 is 0. The molecule has 4 nitrogen and oxygen atoms in total. The average molecular weight is 277 g/mol. The van der Waals surface area contributed by atoms with Gasteiger partial charge < -0.3 is 10.2 Å². The second kappa shape index (κ2) is 5.49. The fourth-order valence-corrected chi connectivity index (χ4v) is 2.11. The molecule has 1 unspecified atom stereocenters. The number of amides is 2. The summed E-state index contributed by atoms with van der Waals surface area (Å²) in [6.07, 6.45) is 1.54. The topological polar surface area (TPSA) is 49.4 Å². The molecule has 1 fully saturated rings. The van der Waals surface area contributed by atoms with Crippen LogP contribution in [-0.2, 0) is 9.59 Å². The summed E-state index contributed by atoms with van der Waals surface area (Å²) in [5.41, 5.74) is 0. The molecule has 0 spiro atoms. The predicted octanol–water partition coefficient (Wildman–Crippen LogP) is 0.754. The van der Waals surface area contributed by atoms with Crippen LogP contribution in [0.2, 0.25) is 0 Å². The molecule has 0 aromatic carbocycles. The fraction of sp³-hybridized carbons (Fsp3) is 0.800. The molecule has 0 aromatic heterocycles. The van der Waals surface area contributed by atoms with E-state index in [1.165, 1.54) is 0 Å². The van der Waals surface area contributed by atoms with Crippen molar-refractivity contribution in [2.75, 3.05) is 20.1 Å². The van der Waals surface area contributed by atoms with Crippen LogP contribution in [0.1, 0.15) is 19.8 Å². The lowest BCUT2D eigenvalue weighted by atomic mass is 9.96. The summed E-state index contributed by atoms with van der Waals surface area (Å²) in [5, 5.41) is 2.65. The first-order valence-corrected chi connectivity index (χ1v) is 6.12. The van der Waals surface area contributed by atoms with Crippen LogP contribution in [-0.4, -0.2) is 41.7 Å². The normalized spacial score (nSPS) is 19.8. The summed E-state index contributed by atoms with van der Waals surface area (Å²) in [7, 11) is 1.65. The van der Waals surface area contributed by atoms with E-state index in [4.69, 9.17) is 0 Å². The average Bonchev–Trinajstić information content (AvgIpc) is 2.27. The highest BCUT2D eigenvalue weighted by molar-refractivity contribution is 9.10. The van der Waals surface area contributed by atoms with Crippen LogP contribution in [0.3, 0.4) is 0 Å². The number of likely N-dealkylation sites (tertiary alicyclic amines) is 1. The Balaban J connectivity index is 2.42. The third kappa shape index (κ3) is 3.19. The largest absolute Gasteiger partial charge is 0.359 e. The summed E-state index contributed by atoms with van der Waals surface area (Å²) >= 11 is 3.26. The van der Waals surface area contributed by atoms with Gasteiger partial charge in [0.25, 0.3) is 0 Å².